The predicted molar refractivity (Wildman–Crippen MR) is 147 cm³/mol. The number of carbonyl (C=O) groups excluding carboxylic acids is 6. The lowest BCUT2D eigenvalue weighted by Gasteiger charge is -2.42. The van der Waals surface area contributed by atoms with Gasteiger partial charge in [0.1, 0.15) is 17.8 Å². The zero-order valence-electron chi connectivity index (χ0n) is 24.2. The van der Waals surface area contributed by atoms with Crippen LogP contribution in [0.3, 0.4) is 0 Å². The largest absolute Gasteiger partial charge is 0.350 e. The molecule has 4 aliphatic heterocycles. The second kappa shape index (κ2) is 11.1. The van der Waals surface area contributed by atoms with Crippen molar-refractivity contribution in [2.24, 2.45) is 10.4 Å². The van der Waals surface area contributed by atoms with Gasteiger partial charge in [-0.05, 0) is 56.2 Å². The van der Waals surface area contributed by atoms with Crippen LogP contribution in [0, 0.1) is 18.2 Å². The Morgan fingerprint density at radius 1 is 1.12 bits per heavy atom. The Morgan fingerprint density at radius 3 is 2.42 bits per heavy atom. The molecule has 1 aromatic rings. The van der Waals surface area contributed by atoms with Crippen LogP contribution in [0.4, 0.5) is 8.78 Å². The molecule has 230 valence electrons. The number of likely N-dealkylation sites (N-methyl/N-ethyl adjacent to an activating group) is 1. The maximum atomic E-state index is 14.0. The number of likely N-dealkylation sites (tertiary alicyclic amines) is 1. The third-order valence-corrected chi connectivity index (χ3v) is 8.92. The number of rotatable bonds is 5. The molecule has 1 saturated carbocycles. The maximum absolute atomic E-state index is 14.0. The fraction of sp³-hybridized carbons (Fsp3) is 0.552. The first-order valence-corrected chi connectivity index (χ1v) is 14.2. The number of nitrogens with one attached hydrogen (secondary N) is 2. The molecule has 4 heterocycles. The summed E-state index contributed by atoms with van der Waals surface area (Å²) >= 11 is 0. The van der Waals surface area contributed by atoms with Crippen molar-refractivity contribution in [2.75, 3.05) is 33.7 Å². The van der Waals surface area contributed by atoms with E-state index in [0.29, 0.717) is 11.1 Å². The van der Waals surface area contributed by atoms with Crippen LogP contribution in [-0.4, -0.2) is 107 Å². The molecule has 1 unspecified atom stereocenters. The van der Waals surface area contributed by atoms with Gasteiger partial charge in [0.05, 0.1) is 17.5 Å². The van der Waals surface area contributed by atoms with E-state index < -0.39 is 58.4 Å². The van der Waals surface area contributed by atoms with Crippen molar-refractivity contribution in [1.82, 2.24) is 25.3 Å². The Balaban J connectivity index is 1.49. The van der Waals surface area contributed by atoms with E-state index >= 15 is 0 Å². The summed E-state index contributed by atoms with van der Waals surface area (Å²) in [4.78, 5) is 87.4. The molecule has 2 N–H and O–H groups in total. The Morgan fingerprint density at radius 2 is 1.81 bits per heavy atom. The lowest BCUT2D eigenvalue weighted by Crippen LogP contribution is -2.65. The average Bonchev–Trinajstić information content (AvgIpc) is 3.30. The normalized spacial score (nSPS) is 28.2. The van der Waals surface area contributed by atoms with E-state index in [1.54, 1.807) is 6.92 Å². The molecular formula is C29H34F2N6O6. The Hall–Kier alpha value is -4.23. The van der Waals surface area contributed by atoms with Gasteiger partial charge in [0, 0.05) is 33.7 Å². The van der Waals surface area contributed by atoms with Gasteiger partial charge < -0.3 is 20.4 Å². The molecule has 0 radical (unpaired) electrons. The van der Waals surface area contributed by atoms with Crippen LogP contribution >= 0.6 is 0 Å². The molecule has 43 heavy (non-hydrogen) atoms. The van der Waals surface area contributed by atoms with Crippen molar-refractivity contribution in [1.29, 1.82) is 0 Å². The first kappa shape index (κ1) is 30.2. The lowest BCUT2D eigenvalue weighted by molar-refractivity contribution is -0.149. The summed E-state index contributed by atoms with van der Waals surface area (Å²) in [5.41, 5.74) is -1.65. The van der Waals surface area contributed by atoms with Crippen LogP contribution in [0.1, 0.15) is 43.2 Å². The van der Waals surface area contributed by atoms with Crippen molar-refractivity contribution in [3.05, 3.63) is 35.1 Å². The third kappa shape index (κ3) is 5.38. The quantitative estimate of drug-likeness (QED) is 0.360. The Bertz CT molecular complexity index is 1440. The fourth-order valence-electron chi connectivity index (χ4n) is 6.42. The predicted octanol–water partition coefficient (Wildman–Crippen LogP) is 0.0163. The van der Waals surface area contributed by atoms with E-state index in [-0.39, 0.29) is 70.0 Å². The maximum Gasteiger partial charge on any atom is 0.311 e. The molecular weight excluding hydrogens is 566 g/mol. The number of Topliss-reactive ketones (excluding diaryl/α,β-unsaturated/α-hetero) is 1. The van der Waals surface area contributed by atoms with E-state index in [4.69, 9.17) is 0 Å². The summed E-state index contributed by atoms with van der Waals surface area (Å²) in [6, 6.07) is 2.49. The van der Waals surface area contributed by atoms with Gasteiger partial charge in [-0.1, -0.05) is 12.1 Å². The van der Waals surface area contributed by atoms with E-state index in [2.05, 4.69) is 15.6 Å². The van der Waals surface area contributed by atoms with E-state index in [0.717, 1.165) is 9.80 Å². The highest BCUT2D eigenvalue weighted by Crippen LogP contribution is 2.48. The minimum Gasteiger partial charge on any atom is -0.350 e. The summed E-state index contributed by atoms with van der Waals surface area (Å²) in [6.07, 6.45) is -0.410. The molecule has 0 spiro atoms. The van der Waals surface area contributed by atoms with Crippen LogP contribution in [-0.2, 0) is 35.3 Å². The summed E-state index contributed by atoms with van der Waals surface area (Å²) in [6.45, 7) is 1.44. The monoisotopic (exact) mass is 600 g/mol. The first-order chi connectivity index (χ1) is 20.3. The average molecular weight is 601 g/mol. The second-order valence-corrected chi connectivity index (χ2v) is 12.1. The molecule has 2 bridgehead atoms. The zero-order valence-corrected chi connectivity index (χ0v) is 24.2. The van der Waals surface area contributed by atoms with E-state index in [9.17, 15) is 37.5 Å². The molecule has 14 heteroatoms. The number of nitrogens with zero attached hydrogens (tertiary/aromatic N) is 4. The highest BCUT2D eigenvalue weighted by Gasteiger charge is 2.60. The molecule has 12 nitrogen and oxygen atoms in total. The molecule has 5 amide bonds. The summed E-state index contributed by atoms with van der Waals surface area (Å²) < 4.78 is 27.7. The van der Waals surface area contributed by atoms with Crippen LogP contribution in [0.15, 0.2) is 23.2 Å². The molecule has 5 aliphatic rings. The number of amides is 5. The van der Waals surface area contributed by atoms with Gasteiger partial charge in [-0.2, -0.15) is 0 Å². The molecule has 4 fully saturated rings. The molecule has 1 aliphatic carbocycles. The number of ketones is 1. The summed E-state index contributed by atoms with van der Waals surface area (Å²) in [7, 11) is 2.81. The van der Waals surface area contributed by atoms with Crippen LogP contribution < -0.4 is 10.6 Å². The standard InChI is InChI=1S/C29H34F2N6O6/c1-16-12-17(4-5-19(16)31)13-32-22(39)20-21(38)24(41)37-15-28(27(43)36-11-6-18(30)14-36)7-9-29(10-8-28,26(37)33-20)34-23(40)25(42)35(2)3/h4-5,12,18,20H,6-11,13-15H2,1-3H3,(H,32,39)(H,34,40)/t18-,20?,28?,29?/m0/s1. The molecule has 1 aromatic carbocycles. The van der Waals surface area contributed by atoms with Crippen molar-refractivity contribution in [2.45, 2.75) is 63.3 Å². The van der Waals surface area contributed by atoms with Gasteiger partial charge in [0.15, 0.2) is 6.04 Å². The number of aliphatic imine (C=N–C) groups is 1. The molecule has 2 atom stereocenters. The fourth-order valence-corrected chi connectivity index (χ4v) is 6.42. The van der Waals surface area contributed by atoms with Gasteiger partial charge in [-0.15, -0.1) is 0 Å². The number of hydrogen-bond donors (Lipinski definition) is 2. The number of alkyl halides is 1. The summed E-state index contributed by atoms with van der Waals surface area (Å²) in [5.74, 6) is -5.68. The second-order valence-electron chi connectivity index (χ2n) is 12.1. The Kier molecular flexibility index (Phi) is 7.82. The molecule has 0 aromatic heterocycles. The Labute approximate surface area is 246 Å². The number of amidine groups is 1. The zero-order chi connectivity index (χ0) is 31.3. The highest BCUT2D eigenvalue weighted by atomic mass is 19.1. The van der Waals surface area contributed by atoms with Crippen molar-refractivity contribution < 1.29 is 37.5 Å². The van der Waals surface area contributed by atoms with Gasteiger partial charge >= 0.3 is 11.8 Å². The van der Waals surface area contributed by atoms with E-state index in [1.807, 2.05) is 0 Å². The first-order valence-electron chi connectivity index (χ1n) is 14.2. The minimum atomic E-state index is -1.77. The number of benzene rings is 1. The van der Waals surface area contributed by atoms with Crippen LogP contribution in [0.2, 0.25) is 0 Å². The number of aryl methyl sites for hydroxylation is 1. The van der Waals surface area contributed by atoms with Gasteiger partial charge in [-0.25, -0.2) is 13.8 Å². The van der Waals surface area contributed by atoms with Crippen LogP contribution in [0.5, 0.6) is 0 Å². The third-order valence-electron chi connectivity index (χ3n) is 8.92. The molecule has 3 saturated heterocycles. The van der Waals surface area contributed by atoms with Crippen molar-refractivity contribution in [3.63, 3.8) is 0 Å². The highest BCUT2D eigenvalue weighted by molar-refractivity contribution is 6.46. The number of fused-ring (bicyclic) bond motifs is 2. The van der Waals surface area contributed by atoms with Crippen LogP contribution in [0.25, 0.3) is 0 Å². The minimum absolute atomic E-state index is 0.0608. The smallest absolute Gasteiger partial charge is 0.311 e. The molecule has 6 rings (SSSR count). The number of hydrogen-bond acceptors (Lipinski definition) is 7. The van der Waals surface area contributed by atoms with Crippen molar-refractivity contribution in [3.8, 4) is 0 Å². The SMILES string of the molecule is Cc1cc(CNC(=O)C2N=C3N(CC4(C(=O)N5CC[C@H](F)C5)CCC3(NC(=O)C(=O)N(C)C)CC4)C(=O)C2=O)ccc1F. The summed E-state index contributed by atoms with van der Waals surface area (Å²) in [5, 5.41) is 5.29. The van der Waals surface area contributed by atoms with Crippen molar-refractivity contribution >= 4 is 41.2 Å². The topological polar surface area (TPSA) is 149 Å². The number of halogens is 2. The van der Waals surface area contributed by atoms with E-state index in [1.165, 1.54) is 37.2 Å². The van der Waals surface area contributed by atoms with Gasteiger partial charge in [0.25, 0.3) is 17.6 Å². The van der Waals surface area contributed by atoms with Gasteiger partial charge in [-0.3, -0.25) is 33.7 Å². The van der Waals surface area contributed by atoms with Gasteiger partial charge in [0.2, 0.25) is 5.91 Å². The number of carbonyl (C=O) groups is 6. The lowest BCUT2D eigenvalue weighted by atomic mass is 9.67.